The molecule has 0 aromatic heterocycles. The van der Waals surface area contributed by atoms with Crippen LogP contribution in [0.25, 0.3) is 6.08 Å². The van der Waals surface area contributed by atoms with E-state index in [0.717, 1.165) is 37.7 Å². The predicted octanol–water partition coefficient (Wildman–Crippen LogP) is 3.52. The van der Waals surface area contributed by atoms with E-state index < -0.39 is 10.8 Å². The van der Waals surface area contributed by atoms with E-state index in [1.807, 2.05) is 12.1 Å². The fourth-order valence-corrected chi connectivity index (χ4v) is 6.38. The number of fused-ring (bicyclic) bond motifs is 3. The molecule has 2 unspecified atom stereocenters. The highest BCUT2D eigenvalue weighted by atomic mass is 32.2. The van der Waals surface area contributed by atoms with Crippen molar-refractivity contribution < 1.29 is 9.00 Å². The van der Waals surface area contributed by atoms with Crippen LogP contribution in [0, 0.1) is 5.92 Å². The molecule has 3 heteroatoms. The van der Waals surface area contributed by atoms with Crippen LogP contribution < -0.4 is 0 Å². The largest absolute Gasteiger partial charge is 0.294 e. The molecule has 110 valence electrons. The minimum Gasteiger partial charge on any atom is -0.294 e. The number of carbonyl (C=O) groups excluding carboxylic acids is 1. The highest BCUT2D eigenvalue weighted by molar-refractivity contribution is 7.86. The molecule has 2 fully saturated rings. The summed E-state index contributed by atoms with van der Waals surface area (Å²) in [5.74, 6) is 0.384. The van der Waals surface area contributed by atoms with Gasteiger partial charge in [0.05, 0.1) is 0 Å². The Morgan fingerprint density at radius 1 is 1.14 bits per heavy atom. The van der Waals surface area contributed by atoms with Crippen molar-refractivity contribution in [3.63, 3.8) is 0 Å². The first-order chi connectivity index (χ1) is 10.2. The maximum Gasteiger partial charge on any atom is 0.166 e. The van der Waals surface area contributed by atoms with Crippen molar-refractivity contribution in [3.8, 4) is 0 Å². The molecular formula is C18H20O2S. The van der Waals surface area contributed by atoms with Gasteiger partial charge in [0.25, 0.3) is 0 Å². The van der Waals surface area contributed by atoms with Gasteiger partial charge < -0.3 is 0 Å². The Balaban J connectivity index is 1.62. The van der Waals surface area contributed by atoms with Gasteiger partial charge in [-0.25, -0.2) is 0 Å². The van der Waals surface area contributed by atoms with Gasteiger partial charge in [0, 0.05) is 32.8 Å². The average Bonchev–Trinajstić information content (AvgIpc) is 2.94. The van der Waals surface area contributed by atoms with E-state index in [1.165, 1.54) is 17.5 Å². The third-order valence-corrected chi connectivity index (χ3v) is 7.44. The SMILES string of the molecule is O=C(c1cccc2c1CC=C2)C1CC2CCCC(C1)S2=O. The van der Waals surface area contributed by atoms with Gasteiger partial charge >= 0.3 is 0 Å². The van der Waals surface area contributed by atoms with Gasteiger partial charge in [0.15, 0.2) is 5.78 Å². The van der Waals surface area contributed by atoms with Crippen molar-refractivity contribution in [1.29, 1.82) is 0 Å². The van der Waals surface area contributed by atoms with E-state index in [2.05, 4.69) is 18.2 Å². The van der Waals surface area contributed by atoms with Gasteiger partial charge in [0.2, 0.25) is 0 Å². The Bertz CT molecular complexity index is 631. The van der Waals surface area contributed by atoms with Crippen LogP contribution in [0.5, 0.6) is 0 Å². The third-order valence-electron chi connectivity index (χ3n) is 5.27. The molecule has 2 aliphatic heterocycles. The van der Waals surface area contributed by atoms with Crippen molar-refractivity contribution in [2.24, 2.45) is 5.92 Å². The molecular weight excluding hydrogens is 280 g/mol. The first-order valence-electron chi connectivity index (χ1n) is 7.96. The van der Waals surface area contributed by atoms with E-state index in [0.29, 0.717) is 5.78 Å². The molecule has 2 nitrogen and oxygen atoms in total. The Morgan fingerprint density at radius 3 is 2.67 bits per heavy atom. The molecule has 0 N–H and O–H groups in total. The molecule has 2 bridgehead atoms. The fourth-order valence-electron chi connectivity index (χ4n) is 4.19. The highest BCUT2D eigenvalue weighted by Gasteiger charge is 2.40. The third kappa shape index (κ3) is 2.22. The zero-order chi connectivity index (χ0) is 14.4. The second-order valence-corrected chi connectivity index (χ2v) is 8.51. The number of Topliss-reactive ketones (excluding diaryl/α,β-unsaturated/α-hetero) is 1. The predicted molar refractivity (Wildman–Crippen MR) is 85.8 cm³/mol. The lowest BCUT2D eigenvalue weighted by Crippen LogP contribution is -2.41. The molecule has 0 saturated carbocycles. The number of hydrogen-bond donors (Lipinski definition) is 0. The van der Waals surface area contributed by atoms with E-state index in [-0.39, 0.29) is 16.4 Å². The number of benzene rings is 1. The Morgan fingerprint density at radius 2 is 1.90 bits per heavy atom. The van der Waals surface area contributed by atoms with Gasteiger partial charge in [0.1, 0.15) is 0 Å². The van der Waals surface area contributed by atoms with Crippen molar-refractivity contribution in [2.75, 3.05) is 0 Å². The topological polar surface area (TPSA) is 34.1 Å². The standard InChI is InChI=1S/C18H20O2S/c19-18(17-9-2-5-12-4-1-8-16(12)17)13-10-14-6-3-7-15(11-13)21(14)20/h1-2,4-5,9,13-15H,3,6-8,10-11H2. The highest BCUT2D eigenvalue weighted by Crippen LogP contribution is 2.39. The summed E-state index contributed by atoms with van der Waals surface area (Å²) in [5.41, 5.74) is 3.30. The summed E-state index contributed by atoms with van der Waals surface area (Å²) in [6.45, 7) is 0. The summed E-state index contributed by atoms with van der Waals surface area (Å²) in [6.07, 6.45) is 10.1. The summed E-state index contributed by atoms with van der Waals surface area (Å²) in [6, 6.07) is 6.05. The van der Waals surface area contributed by atoms with E-state index in [9.17, 15) is 9.00 Å². The number of rotatable bonds is 2. The summed E-state index contributed by atoms with van der Waals surface area (Å²) in [4.78, 5) is 13.0. The molecule has 4 rings (SSSR count). The van der Waals surface area contributed by atoms with E-state index in [1.54, 1.807) is 0 Å². The normalized spacial score (nSPS) is 33.7. The molecule has 2 atom stereocenters. The second-order valence-electron chi connectivity index (χ2n) is 6.52. The molecule has 2 heterocycles. The number of carbonyl (C=O) groups is 1. The summed E-state index contributed by atoms with van der Waals surface area (Å²) in [7, 11) is -0.693. The van der Waals surface area contributed by atoms with Crippen molar-refractivity contribution in [2.45, 2.75) is 49.0 Å². The molecule has 0 spiro atoms. The van der Waals surface area contributed by atoms with Crippen LogP contribution in [-0.2, 0) is 17.2 Å². The zero-order valence-corrected chi connectivity index (χ0v) is 12.9. The van der Waals surface area contributed by atoms with Gasteiger partial charge in [-0.2, -0.15) is 0 Å². The Hall–Kier alpha value is -1.22. The van der Waals surface area contributed by atoms with Crippen LogP contribution in [0.2, 0.25) is 0 Å². The van der Waals surface area contributed by atoms with Gasteiger partial charge in [-0.15, -0.1) is 0 Å². The van der Waals surface area contributed by atoms with Crippen molar-refractivity contribution in [3.05, 3.63) is 41.0 Å². The fraction of sp³-hybridized carbons (Fsp3) is 0.500. The molecule has 3 aliphatic rings. The maximum atomic E-state index is 13.0. The average molecular weight is 300 g/mol. The second kappa shape index (κ2) is 5.20. The molecule has 2 saturated heterocycles. The molecule has 0 radical (unpaired) electrons. The lowest BCUT2D eigenvalue weighted by Gasteiger charge is -2.37. The van der Waals surface area contributed by atoms with Crippen molar-refractivity contribution >= 4 is 22.7 Å². The van der Waals surface area contributed by atoms with Crippen LogP contribution >= 0.6 is 0 Å². The van der Waals surface area contributed by atoms with Crippen LogP contribution in [0.15, 0.2) is 24.3 Å². The first kappa shape index (κ1) is 13.4. The molecule has 1 aliphatic carbocycles. The summed E-state index contributed by atoms with van der Waals surface area (Å²) < 4.78 is 12.3. The summed E-state index contributed by atoms with van der Waals surface area (Å²) in [5, 5.41) is 0.530. The number of allylic oxidation sites excluding steroid dienone is 1. The lowest BCUT2D eigenvalue weighted by atomic mass is 9.83. The first-order valence-corrected chi connectivity index (χ1v) is 9.23. The Kier molecular flexibility index (Phi) is 3.33. The minimum atomic E-state index is -0.693. The number of ketones is 1. The van der Waals surface area contributed by atoms with Gasteiger partial charge in [-0.1, -0.05) is 36.8 Å². The Labute approximate surface area is 128 Å². The van der Waals surface area contributed by atoms with E-state index >= 15 is 0 Å². The zero-order valence-electron chi connectivity index (χ0n) is 12.1. The molecule has 1 aromatic carbocycles. The molecule has 1 aromatic rings. The van der Waals surface area contributed by atoms with Crippen LogP contribution in [0.4, 0.5) is 0 Å². The minimum absolute atomic E-state index is 0.0881. The van der Waals surface area contributed by atoms with Gasteiger partial charge in [-0.3, -0.25) is 9.00 Å². The number of hydrogen-bond acceptors (Lipinski definition) is 2. The van der Waals surface area contributed by atoms with Crippen LogP contribution in [0.3, 0.4) is 0 Å². The van der Waals surface area contributed by atoms with Gasteiger partial charge in [-0.05, 0) is 43.2 Å². The molecule has 21 heavy (non-hydrogen) atoms. The molecule has 0 amide bonds. The van der Waals surface area contributed by atoms with Crippen molar-refractivity contribution in [1.82, 2.24) is 0 Å². The van der Waals surface area contributed by atoms with Crippen LogP contribution in [0.1, 0.15) is 53.6 Å². The van der Waals surface area contributed by atoms with Crippen LogP contribution in [-0.4, -0.2) is 20.5 Å². The van der Waals surface area contributed by atoms with E-state index in [4.69, 9.17) is 0 Å². The monoisotopic (exact) mass is 300 g/mol. The summed E-state index contributed by atoms with van der Waals surface area (Å²) >= 11 is 0. The maximum absolute atomic E-state index is 13.0. The lowest BCUT2D eigenvalue weighted by molar-refractivity contribution is 0.0894. The quantitative estimate of drug-likeness (QED) is 0.783. The smallest absolute Gasteiger partial charge is 0.166 e.